The zero-order valence-electron chi connectivity index (χ0n) is 8.31. The molecule has 0 bridgehead atoms. The molecule has 16 heavy (non-hydrogen) atoms. The number of aromatic nitrogens is 2. The number of carbonyl (C=O) groups is 1. The van der Waals surface area contributed by atoms with Gasteiger partial charge in [0.05, 0.1) is 0 Å². The molecule has 0 saturated carbocycles. The minimum absolute atomic E-state index is 0.405. The fourth-order valence-corrected chi connectivity index (χ4v) is 2.09. The first-order valence-corrected chi connectivity index (χ1v) is 5.61. The van der Waals surface area contributed by atoms with Crippen molar-refractivity contribution in [3.8, 4) is 0 Å². The van der Waals surface area contributed by atoms with Gasteiger partial charge in [-0.15, -0.1) is 10.2 Å². The maximum atomic E-state index is 10.8. The highest BCUT2D eigenvalue weighted by Crippen LogP contribution is 2.30. The van der Waals surface area contributed by atoms with Gasteiger partial charge in [0.2, 0.25) is 5.89 Å². The monoisotopic (exact) mass is 254 g/mol. The van der Waals surface area contributed by atoms with Crippen LogP contribution in [0.1, 0.15) is 16.2 Å². The first-order chi connectivity index (χ1) is 7.69. The van der Waals surface area contributed by atoms with Crippen LogP contribution in [0.3, 0.4) is 0 Å². The molecule has 0 amide bonds. The van der Waals surface area contributed by atoms with E-state index in [9.17, 15) is 4.79 Å². The Morgan fingerprint density at radius 1 is 1.44 bits per heavy atom. The standard InChI is InChI=1S/C10H7ClN2O2S/c1-6-12-13-10(15-6)16-9-3-2-8(11)4-7(9)5-14/h2-5H,1H3. The number of aryl methyl sites for hydroxylation is 1. The Morgan fingerprint density at radius 2 is 2.25 bits per heavy atom. The van der Waals surface area contributed by atoms with Crippen LogP contribution in [0.2, 0.25) is 5.02 Å². The van der Waals surface area contributed by atoms with Crippen LogP contribution in [-0.2, 0) is 0 Å². The van der Waals surface area contributed by atoms with Gasteiger partial charge in [0.15, 0.2) is 6.29 Å². The molecule has 1 heterocycles. The van der Waals surface area contributed by atoms with Crippen molar-refractivity contribution in [2.24, 2.45) is 0 Å². The van der Waals surface area contributed by atoms with Gasteiger partial charge in [0, 0.05) is 22.4 Å². The van der Waals surface area contributed by atoms with Gasteiger partial charge < -0.3 is 4.42 Å². The van der Waals surface area contributed by atoms with E-state index < -0.39 is 0 Å². The maximum Gasteiger partial charge on any atom is 0.281 e. The zero-order chi connectivity index (χ0) is 11.5. The summed E-state index contributed by atoms with van der Waals surface area (Å²) < 4.78 is 5.21. The summed E-state index contributed by atoms with van der Waals surface area (Å²) in [5.41, 5.74) is 0.508. The number of carbonyl (C=O) groups excluding carboxylic acids is 1. The molecule has 2 rings (SSSR count). The summed E-state index contributed by atoms with van der Waals surface area (Å²) in [6.45, 7) is 1.71. The highest BCUT2D eigenvalue weighted by molar-refractivity contribution is 7.99. The van der Waals surface area contributed by atoms with E-state index in [0.717, 1.165) is 11.2 Å². The van der Waals surface area contributed by atoms with Gasteiger partial charge in [0.25, 0.3) is 5.22 Å². The first-order valence-electron chi connectivity index (χ1n) is 4.42. The van der Waals surface area contributed by atoms with Crippen LogP contribution in [0.5, 0.6) is 0 Å². The van der Waals surface area contributed by atoms with Gasteiger partial charge in [-0.1, -0.05) is 11.6 Å². The summed E-state index contributed by atoms with van der Waals surface area (Å²) in [6, 6.07) is 5.05. The number of halogens is 1. The second-order valence-electron chi connectivity index (χ2n) is 2.99. The third-order valence-corrected chi connectivity index (χ3v) is 2.97. The lowest BCUT2D eigenvalue weighted by atomic mass is 10.2. The lowest BCUT2D eigenvalue weighted by Crippen LogP contribution is -1.85. The first kappa shape index (κ1) is 11.2. The SMILES string of the molecule is Cc1nnc(Sc2ccc(Cl)cc2C=O)o1. The minimum atomic E-state index is 0.405. The van der Waals surface area contributed by atoms with Crippen LogP contribution in [-0.4, -0.2) is 16.5 Å². The molecule has 6 heteroatoms. The van der Waals surface area contributed by atoms with E-state index in [4.69, 9.17) is 16.0 Å². The predicted octanol–water partition coefficient (Wildman–Crippen LogP) is 3.00. The fourth-order valence-electron chi connectivity index (χ4n) is 1.12. The lowest BCUT2D eigenvalue weighted by molar-refractivity contribution is 0.112. The van der Waals surface area contributed by atoms with E-state index in [1.807, 2.05) is 0 Å². The van der Waals surface area contributed by atoms with Crippen molar-refractivity contribution in [1.82, 2.24) is 10.2 Å². The van der Waals surface area contributed by atoms with Gasteiger partial charge in [-0.3, -0.25) is 4.79 Å². The highest BCUT2D eigenvalue weighted by atomic mass is 35.5. The topological polar surface area (TPSA) is 56.0 Å². The second-order valence-corrected chi connectivity index (χ2v) is 4.42. The van der Waals surface area contributed by atoms with Gasteiger partial charge >= 0.3 is 0 Å². The van der Waals surface area contributed by atoms with Crippen molar-refractivity contribution >= 4 is 29.6 Å². The van der Waals surface area contributed by atoms with E-state index >= 15 is 0 Å². The molecule has 4 nitrogen and oxygen atoms in total. The Kier molecular flexibility index (Phi) is 3.26. The Bertz CT molecular complexity index is 527. The molecule has 0 aliphatic heterocycles. The van der Waals surface area contributed by atoms with Gasteiger partial charge in [0.1, 0.15) is 0 Å². The summed E-state index contributed by atoms with van der Waals surface area (Å²) in [4.78, 5) is 11.6. The van der Waals surface area contributed by atoms with Crippen molar-refractivity contribution in [2.75, 3.05) is 0 Å². The van der Waals surface area contributed by atoms with Crippen molar-refractivity contribution in [3.05, 3.63) is 34.7 Å². The van der Waals surface area contributed by atoms with Crippen LogP contribution in [0.4, 0.5) is 0 Å². The molecule has 0 aliphatic rings. The van der Waals surface area contributed by atoms with Crippen molar-refractivity contribution in [1.29, 1.82) is 0 Å². The molecule has 0 atom stereocenters. The van der Waals surface area contributed by atoms with Crippen LogP contribution in [0.15, 0.2) is 32.7 Å². The molecule has 2 aromatic rings. The quantitative estimate of drug-likeness (QED) is 0.788. The van der Waals surface area contributed by atoms with E-state index in [-0.39, 0.29) is 0 Å². The number of rotatable bonds is 3. The smallest absolute Gasteiger partial charge is 0.281 e. The highest BCUT2D eigenvalue weighted by Gasteiger charge is 2.09. The average molecular weight is 255 g/mol. The fraction of sp³-hybridized carbons (Fsp3) is 0.100. The Labute approximate surface area is 101 Å². The third kappa shape index (κ3) is 2.43. The van der Waals surface area contributed by atoms with Gasteiger partial charge in [-0.25, -0.2) is 0 Å². The molecular formula is C10H7ClN2O2S. The third-order valence-electron chi connectivity index (χ3n) is 1.80. The largest absolute Gasteiger partial charge is 0.416 e. The Balaban J connectivity index is 2.30. The molecule has 82 valence electrons. The normalized spacial score (nSPS) is 10.4. The summed E-state index contributed by atoms with van der Waals surface area (Å²) >= 11 is 7.02. The zero-order valence-corrected chi connectivity index (χ0v) is 9.88. The van der Waals surface area contributed by atoms with Gasteiger partial charge in [-0.05, 0) is 30.0 Å². The average Bonchev–Trinajstić information content (AvgIpc) is 2.67. The molecule has 1 aromatic heterocycles. The van der Waals surface area contributed by atoms with E-state index in [1.165, 1.54) is 11.8 Å². The Morgan fingerprint density at radius 3 is 2.88 bits per heavy atom. The van der Waals surface area contributed by atoms with Crippen LogP contribution < -0.4 is 0 Å². The molecule has 0 spiro atoms. The van der Waals surface area contributed by atoms with E-state index in [1.54, 1.807) is 25.1 Å². The molecule has 0 unspecified atom stereocenters. The number of benzene rings is 1. The lowest BCUT2D eigenvalue weighted by Gasteiger charge is -2.00. The molecule has 0 N–H and O–H groups in total. The molecule has 1 aromatic carbocycles. The van der Waals surface area contributed by atoms with Crippen molar-refractivity contribution in [2.45, 2.75) is 17.0 Å². The van der Waals surface area contributed by atoms with Gasteiger partial charge in [-0.2, -0.15) is 0 Å². The Hall–Kier alpha value is -1.33. The van der Waals surface area contributed by atoms with Crippen molar-refractivity contribution in [3.63, 3.8) is 0 Å². The predicted molar refractivity (Wildman–Crippen MR) is 60.0 cm³/mol. The number of hydrogen-bond acceptors (Lipinski definition) is 5. The number of hydrogen-bond donors (Lipinski definition) is 0. The maximum absolute atomic E-state index is 10.8. The molecular weight excluding hydrogens is 248 g/mol. The summed E-state index contributed by atoms with van der Waals surface area (Å²) in [7, 11) is 0. The van der Waals surface area contributed by atoms with E-state index in [0.29, 0.717) is 21.7 Å². The summed E-state index contributed by atoms with van der Waals surface area (Å²) in [5, 5.41) is 8.47. The van der Waals surface area contributed by atoms with Crippen LogP contribution in [0, 0.1) is 6.92 Å². The molecule has 0 fully saturated rings. The minimum Gasteiger partial charge on any atom is -0.416 e. The second kappa shape index (κ2) is 4.67. The summed E-state index contributed by atoms with van der Waals surface area (Å²) in [5.74, 6) is 0.490. The summed E-state index contributed by atoms with van der Waals surface area (Å²) in [6.07, 6.45) is 0.747. The molecule has 0 aliphatic carbocycles. The molecule has 0 radical (unpaired) electrons. The molecule has 0 saturated heterocycles. The number of nitrogens with zero attached hydrogens (tertiary/aromatic N) is 2. The number of aldehydes is 1. The van der Waals surface area contributed by atoms with Crippen LogP contribution >= 0.6 is 23.4 Å². The van der Waals surface area contributed by atoms with Crippen molar-refractivity contribution < 1.29 is 9.21 Å². The van der Waals surface area contributed by atoms with E-state index in [2.05, 4.69) is 10.2 Å². The van der Waals surface area contributed by atoms with Crippen LogP contribution in [0.25, 0.3) is 0 Å².